The van der Waals surface area contributed by atoms with Crippen LogP contribution in [0.4, 0.5) is 0 Å². The Hall–Kier alpha value is -2.70. The number of amides is 4. The van der Waals surface area contributed by atoms with E-state index in [1.165, 1.54) is 4.90 Å². The smallest absolute Gasteiger partial charge is 0.255 e. The third-order valence-electron chi connectivity index (χ3n) is 4.10. The van der Waals surface area contributed by atoms with E-state index in [2.05, 4.69) is 5.32 Å². The molecular weight excluding hydrogens is 286 g/mol. The van der Waals surface area contributed by atoms with Gasteiger partial charge in [-0.1, -0.05) is 0 Å². The molecule has 1 aromatic rings. The number of nitrogens with two attached hydrogens (primary N) is 1. The molecule has 0 spiro atoms. The molecule has 1 aromatic carbocycles. The SMILES string of the molecule is Cc1cc(C(N)=O)cc2c1C(=O)N(C1CCC(=O)NC1=O)C2. The van der Waals surface area contributed by atoms with Gasteiger partial charge in [0.25, 0.3) is 5.91 Å². The number of primary amides is 1. The molecule has 0 aromatic heterocycles. The zero-order valence-corrected chi connectivity index (χ0v) is 12.0. The van der Waals surface area contributed by atoms with Gasteiger partial charge in [0.1, 0.15) is 6.04 Å². The molecule has 2 aliphatic heterocycles. The first-order valence-electron chi connectivity index (χ1n) is 6.96. The minimum atomic E-state index is -0.658. The first-order chi connectivity index (χ1) is 10.4. The fraction of sp³-hybridized carbons (Fsp3) is 0.333. The Morgan fingerprint density at radius 1 is 1.32 bits per heavy atom. The average Bonchev–Trinajstić information content (AvgIpc) is 2.76. The maximum absolute atomic E-state index is 12.6. The number of carbonyl (C=O) groups excluding carboxylic acids is 4. The minimum Gasteiger partial charge on any atom is -0.366 e. The number of carbonyl (C=O) groups is 4. The van der Waals surface area contributed by atoms with Crippen LogP contribution in [0.5, 0.6) is 0 Å². The standard InChI is InChI=1S/C15H15N3O4/c1-7-4-8(13(16)20)5-9-6-18(15(22)12(7)9)10-2-3-11(19)17-14(10)21/h4-5,10H,2-3,6H2,1H3,(H2,16,20)(H,17,19,21). The summed E-state index contributed by atoms with van der Waals surface area (Å²) in [6.07, 6.45) is 0.522. The summed E-state index contributed by atoms with van der Waals surface area (Å²) >= 11 is 0. The number of hydrogen-bond donors (Lipinski definition) is 2. The summed E-state index contributed by atoms with van der Waals surface area (Å²) in [6.45, 7) is 1.97. The number of piperidine rings is 1. The van der Waals surface area contributed by atoms with E-state index in [0.717, 1.165) is 0 Å². The summed E-state index contributed by atoms with van der Waals surface area (Å²) in [5, 5.41) is 2.25. The van der Waals surface area contributed by atoms with Crippen molar-refractivity contribution < 1.29 is 19.2 Å². The summed E-state index contributed by atoms with van der Waals surface area (Å²) in [4.78, 5) is 48.5. The van der Waals surface area contributed by atoms with Crippen LogP contribution in [0.3, 0.4) is 0 Å². The molecule has 1 saturated heterocycles. The van der Waals surface area contributed by atoms with Crippen LogP contribution < -0.4 is 11.1 Å². The van der Waals surface area contributed by atoms with Gasteiger partial charge >= 0.3 is 0 Å². The molecule has 7 nitrogen and oxygen atoms in total. The van der Waals surface area contributed by atoms with Crippen molar-refractivity contribution in [3.63, 3.8) is 0 Å². The van der Waals surface area contributed by atoms with E-state index in [4.69, 9.17) is 5.73 Å². The fourth-order valence-electron chi connectivity index (χ4n) is 3.06. The molecule has 1 fully saturated rings. The quantitative estimate of drug-likeness (QED) is 0.740. The predicted octanol–water partition coefficient (Wildman–Crippen LogP) is -0.145. The molecule has 1 atom stereocenters. The molecule has 1 unspecified atom stereocenters. The maximum atomic E-state index is 12.6. The summed E-state index contributed by atoms with van der Waals surface area (Å²) < 4.78 is 0. The van der Waals surface area contributed by atoms with Crippen molar-refractivity contribution in [1.29, 1.82) is 0 Å². The van der Waals surface area contributed by atoms with Crippen molar-refractivity contribution in [2.24, 2.45) is 5.73 Å². The van der Waals surface area contributed by atoms with E-state index >= 15 is 0 Å². The highest BCUT2D eigenvalue weighted by atomic mass is 16.2. The van der Waals surface area contributed by atoms with Gasteiger partial charge in [0, 0.05) is 24.1 Å². The second-order valence-electron chi connectivity index (χ2n) is 5.59. The second-order valence-corrected chi connectivity index (χ2v) is 5.59. The fourth-order valence-corrected chi connectivity index (χ4v) is 3.06. The van der Waals surface area contributed by atoms with Crippen molar-refractivity contribution in [2.75, 3.05) is 0 Å². The van der Waals surface area contributed by atoms with Crippen molar-refractivity contribution in [3.8, 4) is 0 Å². The van der Waals surface area contributed by atoms with E-state index in [-0.39, 0.29) is 24.8 Å². The van der Waals surface area contributed by atoms with Crippen LogP contribution in [0.15, 0.2) is 12.1 Å². The van der Waals surface area contributed by atoms with Gasteiger partial charge in [-0.25, -0.2) is 0 Å². The Labute approximate surface area is 126 Å². The lowest BCUT2D eigenvalue weighted by Crippen LogP contribution is -2.52. The molecule has 22 heavy (non-hydrogen) atoms. The lowest BCUT2D eigenvalue weighted by atomic mass is 10.00. The highest BCUT2D eigenvalue weighted by Gasteiger charge is 2.39. The normalized spacial score (nSPS) is 20.9. The summed E-state index contributed by atoms with van der Waals surface area (Å²) in [7, 11) is 0. The molecule has 7 heteroatoms. The minimum absolute atomic E-state index is 0.210. The zero-order valence-electron chi connectivity index (χ0n) is 12.0. The van der Waals surface area contributed by atoms with Crippen LogP contribution in [-0.2, 0) is 16.1 Å². The van der Waals surface area contributed by atoms with Crippen LogP contribution >= 0.6 is 0 Å². The van der Waals surface area contributed by atoms with Gasteiger partial charge in [-0.2, -0.15) is 0 Å². The Morgan fingerprint density at radius 3 is 2.68 bits per heavy atom. The number of nitrogens with zero attached hydrogens (tertiary/aromatic N) is 1. The van der Waals surface area contributed by atoms with Crippen LogP contribution in [0.25, 0.3) is 0 Å². The molecule has 0 bridgehead atoms. The van der Waals surface area contributed by atoms with E-state index in [1.807, 2.05) is 0 Å². The molecule has 2 heterocycles. The highest BCUT2D eigenvalue weighted by Crippen LogP contribution is 2.30. The van der Waals surface area contributed by atoms with Gasteiger partial charge in [0.15, 0.2) is 0 Å². The number of benzene rings is 1. The highest BCUT2D eigenvalue weighted by molar-refractivity contribution is 6.06. The predicted molar refractivity (Wildman–Crippen MR) is 75.7 cm³/mol. The summed E-state index contributed by atoms with van der Waals surface area (Å²) in [5.74, 6) is -1.58. The molecule has 3 rings (SSSR count). The number of hydrogen-bond acceptors (Lipinski definition) is 4. The van der Waals surface area contributed by atoms with Crippen LogP contribution in [0, 0.1) is 6.92 Å². The maximum Gasteiger partial charge on any atom is 0.255 e. The van der Waals surface area contributed by atoms with Crippen LogP contribution in [0.2, 0.25) is 0 Å². The molecule has 0 aliphatic carbocycles. The summed E-state index contributed by atoms with van der Waals surface area (Å²) in [5.41, 5.74) is 7.48. The second kappa shape index (κ2) is 4.94. The van der Waals surface area contributed by atoms with Gasteiger partial charge < -0.3 is 10.6 Å². The molecule has 0 radical (unpaired) electrons. The van der Waals surface area contributed by atoms with Gasteiger partial charge in [0.05, 0.1) is 0 Å². The Morgan fingerprint density at radius 2 is 2.05 bits per heavy atom. The van der Waals surface area contributed by atoms with Crippen molar-refractivity contribution in [2.45, 2.75) is 32.4 Å². The van der Waals surface area contributed by atoms with E-state index in [1.54, 1.807) is 19.1 Å². The van der Waals surface area contributed by atoms with E-state index < -0.39 is 17.9 Å². The largest absolute Gasteiger partial charge is 0.366 e. The van der Waals surface area contributed by atoms with Gasteiger partial charge in [-0.05, 0) is 36.6 Å². The summed E-state index contributed by atoms with van der Waals surface area (Å²) in [6, 6.07) is 2.51. The van der Waals surface area contributed by atoms with E-state index in [9.17, 15) is 19.2 Å². The zero-order chi connectivity index (χ0) is 16.0. The Kier molecular flexibility index (Phi) is 3.20. The van der Waals surface area contributed by atoms with E-state index in [0.29, 0.717) is 28.7 Å². The molecule has 114 valence electrons. The number of rotatable bonds is 2. The van der Waals surface area contributed by atoms with Crippen LogP contribution in [0.1, 0.15) is 44.7 Å². The third-order valence-corrected chi connectivity index (χ3v) is 4.10. The average molecular weight is 301 g/mol. The molecule has 2 aliphatic rings. The van der Waals surface area contributed by atoms with Gasteiger partial charge in [-0.15, -0.1) is 0 Å². The molecule has 3 N–H and O–H groups in total. The van der Waals surface area contributed by atoms with Crippen molar-refractivity contribution >= 4 is 23.6 Å². The molecule has 4 amide bonds. The van der Waals surface area contributed by atoms with Crippen molar-refractivity contribution in [3.05, 3.63) is 34.4 Å². The number of nitrogens with one attached hydrogen (secondary N) is 1. The first kappa shape index (κ1) is 14.2. The number of imide groups is 1. The Bertz CT molecular complexity index is 726. The lowest BCUT2D eigenvalue weighted by Gasteiger charge is -2.29. The monoisotopic (exact) mass is 301 g/mol. The number of fused-ring (bicyclic) bond motifs is 1. The van der Waals surface area contributed by atoms with Gasteiger partial charge in [-0.3, -0.25) is 24.5 Å². The van der Waals surface area contributed by atoms with Gasteiger partial charge in [0.2, 0.25) is 17.7 Å². The topological polar surface area (TPSA) is 110 Å². The third kappa shape index (κ3) is 2.14. The lowest BCUT2D eigenvalue weighted by molar-refractivity contribution is -0.136. The van der Waals surface area contributed by atoms with Crippen molar-refractivity contribution in [1.82, 2.24) is 10.2 Å². The molecular formula is C15H15N3O4. The number of aryl methyl sites for hydroxylation is 1. The van der Waals surface area contributed by atoms with Crippen LogP contribution in [-0.4, -0.2) is 34.6 Å². The Balaban J connectivity index is 1.94. The first-order valence-corrected chi connectivity index (χ1v) is 6.96. The molecule has 0 saturated carbocycles.